The van der Waals surface area contributed by atoms with Gasteiger partial charge in [0.15, 0.2) is 0 Å². The van der Waals surface area contributed by atoms with Crippen LogP contribution in [0, 0.1) is 0 Å². The Morgan fingerprint density at radius 1 is 1.47 bits per heavy atom. The number of primary amides is 1. The van der Waals surface area contributed by atoms with Gasteiger partial charge in [-0.25, -0.2) is 0 Å². The van der Waals surface area contributed by atoms with Gasteiger partial charge in [0, 0.05) is 23.2 Å². The molecule has 0 aliphatic heterocycles. The number of hydrogen-bond donors (Lipinski definition) is 3. The largest absolute Gasteiger partial charge is 0.481 e. The third-order valence-corrected chi connectivity index (χ3v) is 2.91. The first-order valence-corrected chi connectivity index (χ1v) is 6.35. The molecule has 0 fully saturated rings. The van der Waals surface area contributed by atoms with E-state index in [9.17, 15) is 9.59 Å². The third-order valence-electron chi connectivity index (χ3n) is 2.68. The molecule has 5 nitrogen and oxygen atoms in total. The number of aliphatic carboxylic acids is 1. The summed E-state index contributed by atoms with van der Waals surface area (Å²) in [5, 5.41) is 12.2. The van der Waals surface area contributed by atoms with E-state index >= 15 is 0 Å². The van der Waals surface area contributed by atoms with Gasteiger partial charge in [-0.15, -0.1) is 0 Å². The van der Waals surface area contributed by atoms with Gasteiger partial charge >= 0.3 is 5.97 Å². The second-order valence-corrected chi connectivity index (χ2v) is 4.82. The first-order chi connectivity index (χ1) is 8.90. The minimum absolute atomic E-state index is 0.0240. The molecule has 0 aromatic heterocycles. The minimum Gasteiger partial charge on any atom is -0.481 e. The van der Waals surface area contributed by atoms with E-state index in [-0.39, 0.29) is 12.5 Å². The average molecular weight is 285 g/mol. The van der Waals surface area contributed by atoms with Crippen LogP contribution in [0.4, 0.5) is 5.69 Å². The van der Waals surface area contributed by atoms with E-state index in [4.69, 9.17) is 22.4 Å². The van der Waals surface area contributed by atoms with E-state index in [0.29, 0.717) is 29.1 Å². The molecular formula is C13H17ClN2O3. The Kier molecular flexibility index (Phi) is 5.63. The Bertz CT molecular complexity index is 477. The third kappa shape index (κ3) is 5.18. The summed E-state index contributed by atoms with van der Waals surface area (Å²) < 4.78 is 0. The predicted molar refractivity (Wildman–Crippen MR) is 74.5 cm³/mol. The highest BCUT2D eigenvalue weighted by Crippen LogP contribution is 2.22. The number of carboxylic acid groups (broad SMARTS) is 1. The number of nitrogens with two attached hydrogens (primary N) is 1. The summed E-state index contributed by atoms with van der Waals surface area (Å²) in [6.07, 6.45) is 1.37. The summed E-state index contributed by atoms with van der Waals surface area (Å²) in [7, 11) is 0. The molecule has 1 rings (SSSR count). The maximum atomic E-state index is 11.3. The lowest BCUT2D eigenvalue weighted by Gasteiger charge is -2.17. The normalized spacial score (nSPS) is 11.9. The zero-order valence-electron chi connectivity index (χ0n) is 10.6. The van der Waals surface area contributed by atoms with E-state index in [1.165, 1.54) is 0 Å². The SMILES string of the molecule is CC(CCCC(=O)O)Nc1cc(Cl)ccc1C(N)=O. The van der Waals surface area contributed by atoms with Crippen LogP contribution in [0.1, 0.15) is 36.5 Å². The van der Waals surface area contributed by atoms with Gasteiger partial charge in [0.25, 0.3) is 5.91 Å². The molecule has 6 heteroatoms. The van der Waals surface area contributed by atoms with E-state index < -0.39 is 11.9 Å². The van der Waals surface area contributed by atoms with Gasteiger partial charge in [0.2, 0.25) is 0 Å². The van der Waals surface area contributed by atoms with Crippen LogP contribution >= 0.6 is 11.6 Å². The summed E-state index contributed by atoms with van der Waals surface area (Å²) in [6.45, 7) is 1.91. The Balaban J connectivity index is 2.67. The highest BCUT2D eigenvalue weighted by molar-refractivity contribution is 6.31. The number of carboxylic acids is 1. The summed E-state index contributed by atoms with van der Waals surface area (Å²) in [5.41, 5.74) is 6.22. The van der Waals surface area contributed by atoms with E-state index in [2.05, 4.69) is 5.32 Å². The molecule has 0 saturated heterocycles. The standard InChI is InChI=1S/C13H17ClN2O3/c1-8(3-2-4-12(17)18)16-11-7-9(14)5-6-10(11)13(15)19/h5-8,16H,2-4H2,1H3,(H2,15,19)(H,17,18). The van der Waals surface area contributed by atoms with Gasteiger partial charge in [0.1, 0.15) is 0 Å². The molecule has 0 spiro atoms. The molecule has 0 bridgehead atoms. The number of carbonyl (C=O) groups excluding carboxylic acids is 1. The van der Waals surface area contributed by atoms with Crippen molar-refractivity contribution in [2.24, 2.45) is 5.73 Å². The van der Waals surface area contributed by atoms with Crippen molar-refractivity contribution in [1.82, 2.24) is 0 Å². The number of amides is 1. The number of carbonyl (C=O) groups is 2. The molecule has 0 heterocycles. The average Bonchev–Trinajstić information content (AvgIpc) is 2.27. The van der Waals surface area contributed by atoms with Crippen LogP contribution < -0.4 is 11.1 Å². The highest BCUT2D eigenvalue weighted by atomic mass is 35.5. The molecule has 1 aromatic carbocycles. The first kappa shape index (κ1) is 15.3. The molecule has 19 heavy (non-hydrogen) atoms. The van der Waals surface area contributed by atoms with Crippen molar-refractivity contribution in [3.05, 3.63) is 28.8 Å². The van der Waals surface area contributed by atoms with Gasteiger partial charge in [-0.3, -0.25) is 9.59 Å². The molecule has 0 aliphatic carbocycles. The van der Waals surface area contributed by atoms with Crippen molar-refractivity contribution in [3.63, 3.8) is 0 Å². The van der Waals surface area contributed by atoms with Crippen molar-refractivity contribution in [3.8, 4) is 0 Å². The zero-order valence-corrected chi connectivity index (χ0v) is 11.4. The van der Waals surface area contributed by atoms with Gasteiger partial charge in [0.05, 0.1) is 5.56 Å². The number of anilines is 1. The molecule has 1 aromatic rings. The molecular weight excluding hydrogens is 268 g/mol. The Labute approximate surface area is 116 Å². The Morgan fingerprint density at radius 3 is 2.74 bits per heavy atom. The van der Waals surface area contributed by atoms with Crippen LogP contribution in [0.25, 0.3) is 0 Å². The second-order valence-electron chi connectivity index (χ2n) is 4.39. The Hall–Kier alpha value is -1.75. The molecule has 104 valence electrons. The zero-order chi connectivity index (χ0) is 14.4. The molecule has 1 unspecified atom stereocenters. The van der Waals surface area contributed by atoms with Crippen molar-refractivity contribution in [2.75, 3.05) is 5.32 Å². The van der Waals surface area contributed by atoms with Crippen LogP contribution in [-0.2, 0) is 4.79 Å². The molecule has 4 N–H and O–H groups in total. The quantitative estimate of drug-likeness (QED) is 0.717. The fourth-order valence-electron chi connectivity index (χ4n) is 1.75. The summed E-state index contributed by atoms with van der Waals surface area (Å²) in [5.74, 6) is -1.34. The summed E-state index contributed by atoms with van der Waals surface area (Å²) >= 11 is 5.88. The lowest BCUT2D eigenvalue weighted by Crippen LogP contribution is -2.20. The highest BCUT2D eigenvalue weighted by Gasteiger charge is 2.11. The smallest absolute Gasteiger partial charge is 0.303 e. The molecule has 0 radical (unpaired) electrons. The topological polar surface area (TPSA) is 92.4 Å². The molecule has 0 aliphatic rings. The van der Waals surface area contributed by atoms with E-state index in [0.717, 1.165) is 0 Å². The second kappa shape index (κ2) is 6.99. The summed E-state index contributed by atoms with van der Waals surface area (Å²) in [4.78, 5) is 21.7. The fraction of sp³-hybridized carbons (Fsp3) is 0.385. The van der Waals surface area contributed by atoms with Gasteiger partial charge in [-0.2, -0.15) is 0 Å². The molecule has 1 atom stereocenters. The summed E-state index contributed by atoms with van der Waals surface area (Å²) in [6, 6.07) is 4.82. The van der Waals surface area contributed by atoms with Gasteiger partial charge in [-0.05, 0) is 38.0 Å². The van der Waals surface area contributed by atoms with E-state index in [1.807, 2.05) is 6.92 Å². The van der Waals surface area contributed by atoms with Gasteiger partial charge in [-0.1, -0.05) is 11.6 Å². The van der Waals surface area contributed by atoms with Crippen molar-refractivity contribution < 1.29 is 14.7 Å². The molecule has 1 amide bonds. The number of nitrogens with one attached hydrogen (secondary N) is 1. The monoisotopic (exact) mass is 284 g/mol. The van der Waals surface area contributed by atoms with Crippen LogP contribution in [0.3, 0.4) is 0 Å². The van der Waals surface area contributed by atoms with Crippen molar-refractivity contribution in [2.45, 2.75) is 32.2 Å². The van der Waals surface area contributed by atoms with Crippen LogP contribution in [-0.4, -0.2) is 23.0 Å². The number of halogens is 1. The Morgan fingerprint density at radius 2 is 2.16 bits per heavy atom. The van der Waals surface area contributed by atoms with Crippen LogP contribution in [0.5, 0.6) is 0 Å². The van der Waals surface area contributed by atoms with Crippen LogP contribution in [0.2, 0.25) is 5.02 Å². The molecule has 0 saturated carbocycles. The lowest BCUT2D eigenvalue weighted by molar-refractivity contribution is -0.137. The van der Waals surface area contributed by atoms with E-state index in [1.54, 1.807) is 18.2 Å². The fourth-order valence-corrected chi connectivity index (χ4v) is 1.92. The number of benzene rings is 1. The van der Waals surface area contributed by atoms with Crippen molar-refractivity contribution >= 4 is 29.2 Å². The number of rotatable bonds is 7. The van der Waals surface area contributed by atoms with Gasteiger partial charge < -0.3 is 16.2 Å². The van der Waals surface area contributed by atoms with Crippen molar-refractivity contribution in [1.29, 1.82) is 0 Å². The maximum absolute atomic E-state index is 11.3. The minimum atomic E-state index is -0.812. The predicted octanol–water partition coefficient (Wildman–Crippen LogP) is 2.49. The lowest BCUT2D eigenvalue weighted by atomic mass is 10.1. The number of hydrogen-bond acceptors (Lipinski definition) is 3. The first-order valence-electron chi connectivity index (χ1n) is 5.98. The maximum Gasteiger partial charge on any atom is 0.303 e. The van der Waals surface area contributed by atoms with Crippen LogP contribution in [0.15, 0.2) is 18.2 Å².